The molecule has 0 unspecified atom stereocenters. The maximum atomic E-state index is 12.0. The summed E-state index contributed by atoms with van der Waals surface area (Å²) in [6.07, 6.45) is 0. The zero-order valence-corrected chi connectivity index (χ0v) is 12.3. The van der Waals surface area contributed by atoms with Gasteiger partial charge in [0.25, 0.3) is 11.1 Å². The molecule has 0 radical (unpaired) electrons. The number of aryl methyl sites for hydroxylation is 1. The van der Waals surface area contributed by atoms with Crippen molar-refractivity contribution in [3.63, 3.8) is 0 Å². The first-order valence-corrected chi connectivity index (χ1v) is 7.53. The van der Waals surface area contributed by atoms with E-state index in [1.54, 1.807) is 0 Å². The highest BCUT2D eigenvalue weighted by atomic mass is 79.9. The van der Waals surface area contributed by atoms with Crippen molar-refractivity contribution in [2.75, 3.05) is 17.2 Å². The van der Waals surface area contributed by atoms with Crippen LogP contribution in [0.1, 0.15) is 5.56 Å². The van der Waals surface area contributed by atoms with Gasteiger partial charge in [-0.3, -0.25) is 14.5 Å². The number of halogens is 1. The average Bonchev–Trinajstić information content (AvgIpc) is 2.60. The van der Waals surface area contributed by atoms with Crippen LogP contribution in [0.25, 0.3) is 0 Å². The number of thioether (sulfide) groups is 1. The lowest BCUT2D eigenvalue weighted by molar-refractivity contribution is -0.125. The summed E-state index contributed by atoms with van der Waals surface area (Å²) in [6, 6.07) is 7.73. The molecule has 96 valence electrons. The summed E-state index contributed by atoms with van der Waals surface area (Å²) in [6.45, 7) is 2.41. The van der Waals surface area contributed by atoms with Crippen molar-refractivity contribution in [2.45, 2.75) is 12.3 Å². The molecule has 1 aromatic rings. The van der Waals surface area contributed by atoms with Crippen LogP contribution in [0.15, 0.2) is 24.3 Å². The van der Waals surface area contributed by atoms with Crippen LogP contribution >= 0.6 is 27.7 Å². The van der Waals surface area contributed by atoms with Crippen molar-refractivity contribution in [1.82, 2.24) is 4.90 Å². The van der Waals surface area contributed by atoms with E-state index in [9.17, 15) is 9.59 Å². The summed E-state index contributed by atoms with van der Waals surface area (Å²) in [5.74, 6) is -0.176. The molecule has 1 heterocycles. The molecule has 1 aliphatic heterocycles. The van der Waals surface area contributed by atoms with Gasteiger partial charge in [0.15, 0.2) is 5.37 Å². The highest BCUT2D eigenvalue weighted by molar-refractivity contribution is 9.09. The highest BCUT2D eigenvalue weighted by Gasteiger charge is 2.39. The second-order valence-electron chi connectivity index (χ2n) is 3.95. The Morgan fingerprint density at radius 1 is 1.33 bits per heavy atom. The van der Waals surface area contributed by atoms with Gasteiger partial charge in [-0.05, 0) is 30.8 Å². The van der Waals surface area contributed by atoms with Crippen molar-refractivity contribution < 1.29 is 9.59 Å². The van der Waals surface area contributed by atoms with Crippen molar-refractivity contribution in [1.29, 1.82) is 0 Å². The molecule has 18 heavy (non-hydrogen) atoms. The summed E-state index contributed by atoms with van der Waals surface area (Å²) < 4.78 is 0. The number of rotatable bonds is 4. The van der Waals surface area contributed by atoms with Crippen molar-refractivity contribution in [3.8, 4) is 0 Å². The largest absolute Gasteiger partial charge is 0.365 e. The molecule has 1 saturated heterocycles. The number of carbonyl (C=O) groups is 2. The van der Waals surface area contributed by atoms with E-state index in [4.69, 9.17) is 0 Å². The molecule has 1 N–H and O–H groups in total. The van der Waals surface area contributed by atoms with E-state index in [1.807, 2.05) is 31.2 Å². The Kier molecular flexibility index (Phi) is 4.29. The Morgan fingerprint density at radius 2 is 2.00 bits per heavy atom. The lowest BCUT2D eigenvalue weighted by Gasteiger charge is -2.13. The fourth-order valence-electron chi connectivity index (χ4n) is 1.62. The summed E-state index contributed by atoms with van der Waals surface area (Å²) in [5.41, 5.74) is 2.00. The number of amides is 2. The number of nitrogens with zero attached hydrogens (tertiary/aromatic N) is 1. The van der Waals surface area contributed by atoms with Gasteiger partial charge >= 0.3 is 0 Å². The monoisotopic (exact) mass is 328 g/mol. The van der Waals surface area contributed by atoms with Crippen molar-refractivity contribution in [3.05, 3.63) is 29.8 Å². The predicted octanol–water partition coefficient (Wildman–Crippen LogP) is 2.82. The molecule has 1 aromatic carbocycles. The average molecular weight is 329 g/mol. The smallest absolute Gasteiger partial charge is 0.290 e. The third-order valence-electron chi connectivity index (χ3n) is 2.59. The molecular weight excluding hydrogens is 316 g/mol. The minimum Gasteiger partial charge on any atom is -0.365 e. The molecule has 2 rings (SSSR count). The van der Waals surface area contributed by atoms with E-state index in [1.165, 1.54) is 4.90 Å². The van der Waals surface area contributed by atoms with E-state index < -0.39 is 5.37 Å². The fraction of sp³-hybridized carbons (Fsp3) is 0.333. The minimum absolute atomic E-state index is 0.176. The Labute approximate surface area is 118 Å². The number of alkyl halides is 1. The predicted molar refractivity (Wildman–Crippen MR) is 77.1 cm³/mol. The Hall–Kier alpha value is -1.01. The first kappa shape index (κ1) is 13.4. The Morgan fingerprint density at radius 3 is 2.61 bits per heavy atom. The van der Waals surface area contributed by atoms with E-state index >= 15 is 0 Å². The van der Waals surface area contributed by atoms with Gasteiger partial charge in [-0.2, -0.15) is 0 Å². The standard InChI is InChI=1S/C12H13BrN2O2S/c1-8-2-4-9(5-3-8)14-10-11(16)15(7-6-13)12(17)18-10/h2-5,10,14H,6-7H2,1H3/t10-/m1/s1. The van der Waals surface area contributed by atoms with E-state index in [0.29, 0.717) is 11.9 Å². The molecule has 1 atom stereocenters. The van der Waals surface area contributed by atoms with Gasteiger partial charge in [-0.15, -0.1) is 0 Å². The molecule has 6 heteroatoms. The molecule has 1 fully saturated rings. The quantitative estimate of drug-likeness (QED) is 0.863. The summed E-state index contributed by atoms with van der Waals surface area (Å²) >= 11 is 4.26. The first-order chi connectivity index (χ1) is 8.61. The molecular formula is C12H13BrN2O2S. The van der Waals surface area contributed by atoms with Crippen LogP contribution < -0.4 is 5.32 Å². The zero-order chi connectivity index (χ0) is 13.1. The van der Waals surface area contributed by atoms with Crippen LogP contribution in [0.3, 0.4) is 0 Å². The van der Waals surface area contributed by atoms with E-state index in [2.05, 4.69) is 21.2 Å². The highest BCUT2D eigenvalue weighted by Crippen LogP contribution is 2.28. The van der Waals surface area contributed by atoms with Gasteiger partial charge in [-0.25, -0.2) is 0 Å². The Bertz CT molecular complexity index is 464. The number of hydrogen-bond donors (Lipinski definition) is 1. The van der Waals surface area contributed by atoms with Crippen molar-refractivity contribution in [2.24, 2.45) is 0 Å². The summed E-state index contributed by atoms with van der Waals surface area (Å²) in [4.78, 5) is 24.9. The maximum absolute atomic E-state index is 12.0. The molecule has 2 amide bonds. The minimum atomic E-state index is -0.515. The van der Waals surface area contributed by atoms with Gasteiger partial charge in [0, 0.05) is 17.6 Å². The number of nitrogens with one attached hydrogen (secondary N) is 1. The van der Waals surface area contributed by atoms with Gasteiger partial charge in [0.2, 0.25) is 0 Å². The van der Waals surface area contributed by atoms with E-state index in [-0.39, 0.29) is 11.1 Å². The third kappa shape index (κ3) is 2.87. The van der Waals surface area contributed by atoms with Crippen LogP contribution in [0.4, 0.5) is 10.5 Å². The number of carbonyl (C=O) groups excluding carboxylic acids is 2. The van der Waals surface area contributed by atoms with Gasteiger partial charge in [-0.1, -0.05) is 33.6 Å². The van der Waals surface area contributed by atoms with Crippen LogP contribution in [0.2, 0.25) is 0 Å². The lowest BCUT2D eigenvalue weighted by Crippen LogP contribution is -2.35. The zero-order valence-electron chi connectivity index (χ0n) is 9.85. The molecule has 0 spiro atoms. The van der Waals surface area contributed by atoms with Crippen LogP contribution in [0, 0.1) is 6.92 Å². The second-order valence-corrected chi connectivity index (χ2v) is 5.80. The summed E-state index contributed by atoms with van der Waals surface area (Å²) in [5, 5.41) is 2.97. The second kappa shape index (κ2) is 5.75. The fourth-order valence-corrected chi connectivity index (χ4v) is 2.91. The maximum Gasteiger partial charge on any atom is 0.290 e. The number of hydrogen-bond acceptors (Lipinski definition) is 4. The molecule has 0 saturated carbocycles. The molecule has 0 aliphatic carbocycles. The number of anilines is 1. The van der Waals surface area contributed by atoms with Crippen LogP contribution in [-0.2, 0) is 4.79 Å². The van der Waals surface area contributed by atoms with Crippen LogP contribution in [-0.4, -0.2) is 33.3 Å². The first-order valence-electron chi connectivity index (χ1n) is 5.53. The molecule has 0 bridgehead atoms. The molecule has 4 nitrogen and oxygen atoms in total. The lowest BCUT2D eigenvalue weighted by atomic mass is 10.2. The Balaban J connectivity index is 2.05. The number of imide groups is 1. The summed E-state index contributed by atoms with van der Waals surface area (Å²) in [7, 11) is 0. The topological polar surface area (TPSA) is 49.4 Å². The van der Waals surface area contributed by atoms with Gasteiger partial charge in [0.1, 0.15) is 0 Å². The molecule has 0 aromatic heterocycles. The number of benzene rings is 1. The third-order valence-corrected chi connectivity index (χ3v) is 3.92. The normalized spacial score (nSPS) is 19.4. The van der Waals surface area contributed by atoms with E-state index in [0.717, 1.165) is 23.0 Å². The van der Waals surface area contributed by atoms with Gasteiger partial charge < -0.3 is 5.32 Å². The SMILES string of the molecule is Cc1ccc(N[C@@H]2SC(=O)N(CCBr)C2=O)cc1. The van der Waals surface area contributed by atoms with Gasteiger partial charge in [0.05, 0.1) is 0 Å². The van der Waals surface area contributed by atoms with Crippen molar-refractivity contribution >= 4 is 44.5 Å². The molecule has 1 aliphatic rings. The van der Waals surface area contributed by atoms with Crippen LogP contribution in [0.5, 0.6) is 0 Å².